The molecule has 0 radical (unpaired) electrons. The smallest absolute Gasteiger partial charge is 0.339 e. The van der Waals surface area contributed by atoms with Gasteiger partial charge in [-0.25, -0.2) is 14.4 Å². The molecular weight excluding hydrogens is 288 g/mol. The number of ether oxygens (including phenoxy) is 1. The number of aromatic carboxylic acids is 2. The molecule has 0 heterocycles. The van der Waals surface area contributed by atoms with E-state index in [2.05, 4.69) is 6.92 Å². The summed E-state index contributed by atoms with van der Waals surface area (Å²) >= 11 is 0. The van der Waals surface area contributed by atoms with E-state index in [1.165, 1.54) is 12.1 Å². The minimum absolute atomic E-state index is 0.133. The molecule has 0 aromatic heterocycles. The van der Waals surface area contributed by atoms with Crippen LogP contribution in [-0.4, -0.2) is 34.7 Å². The number of carboxylic acids is 2. The summed E-state index contributed by atoms with van der Waals surface area (Å²) in [5.74, 6) is -3.36. The van der Waals surface area contributed by atoms with Crippen LogP contribution in [-0.2, 0) is 4.74 Å². The average molecular weight is 308 g/mol. The van der Waals surface area contributed by atoms with Gasteiger partial charge in [-0.15, -0.1) is 0 Å². The van der Waals surface area contributed by atoms with Crippen molar-refractivity contribution in [1.29, 1.82) is 0 Å². The summed E-state index contributed by atoms with van der Waals surface area (Å²) < 4.78 is 5.05. The molecule has 0 spiro atoms. The second kappa shape index (κ2) is 8.81. The Labute approximate surface area is 128 Å². The minimum Gasteiger partial charge on any atom is -0.478 e. The maximum absolute atomic E-state index is 11.9. The van der Waals surface area contributed by atoms with Crippen molar-refractivity contribution in [3.8, 4) is 0 Å². The summed E-state index contributed by atoms with van der Waals surface area (Å²) in [5.41, 5.74) is -0.685. The van der Waals surface area contributed by atoms with Crippen LogP contribution in [0.25, 0.3) is 0 Å². The van der Waals surface area contributed by atoms with Crippen molar-refractivity contribution in [3.63, 3.8) is 0 Å². The lowest BCUT2D eigenvalue weighted by molar-refractivity contribution is 0.0486. The number of carboxylic acid groups (broad SMARTS) is 2. The van der Waals surface area contributed by atoms with Crippen LogP contribution in [0.4, 0.5) is 0 Å². The van der Waals surface area contributed by atoms with Crippen molar-refractivity contribution in [3.05, 3.63) is 34.9 Å². The molecule has 6 nitrogen and oxygen atoms in total. The quantitative estimate of drug-likeness (QED) is 0.536. The van der Waals surface area contributed by atoms with Gasteiger partial charge in [-0.2, -0.15) is 0 Å². The fraction of sp³-hybridized carbons (Fsp3) is 0.438. The average Bonchev–Trinajstić information content (AvgIpc) is 2.49. The highest BCUT2D eigenvalue weighted by molar-refractivity contribution is 6.04. The predicted molar refractivity (Wildman–Crippen MR) is 79.4 cm³/mol. The fourth-order valence-corrected chi connectivity index (χ4v) is 1.98. The molecule has 0 aliphatic carbocycles. The third-order valence-electron chi connectivity index (χ3n) is 3.20. The number of esters is 1. The van der Waals surface area contributed by atoms with Gasteiger partial charge in [-0.1, -0.05) is 32.6 Å². The number of unbranched alkanes of at least 4 members (excludes halogenated alkanes) is 4. The molecule has 0 atom stereocenters. The van der Waals surface area contributed by atoms with E-state index in [4.69, 9.17) is 14.9 Å². The van der Waals surface area contributed by atoms with Gasteiger partial charge in [0.1, 0.15) is 0 Å². The highest BCUT2D eigenvalue weighted by Gasteiger charge is 2.19. The van der Waals surface area contributed by atoms with Gasteiger partial charge in [-0.3, -0.25) is 0 Å². The van der Waals surface area contributed by atoms with Crippen molar-refractivity contribution >= 4 is 17.9 Å². The number of rotatable bonds is 9. The standard InChI is InChI=1S/C16H20O6/c1-2-3-4-5-6-9-22-16(21)12-8-7-11(14(17)18)10-13(12)15(19)20/h7-8,10H,2-6,9H2,1H3,(H,17,18)(H,19,20). The van der Waals surface area contributed by atoms with Crippen LogP contribution in [0.5, 0.6) is 0 Å². The van der Waals surface area contributed by atoms with Gasteiger partial charge in [0.25, 0.3) is 0 Å². The van der Waals surface area contributed by atoms with Crippen LogP contribution < -0.4 is 0 Å². The molecule has 0 unspecified atom stereocenters. The Morgan fingerprint density at radius 1 is 0.955 bits per heavy atom. The zero-order valence-corrected chi connectivity index (χ0v) is 12.5. The predicted octanol–water partition coefficient (Wildman–Crippen LogP) is 3.21. The molecule has 0 saturated carbocycles. The van der Waals surface area contributed by atoms with Crippen LogP contribution in [0.3, 0.4) is 0 Å². The summed E-state index contributed by atoms with van der Waals surface area (Å²) in [6, 6.07) is 3.32. The van der Waals surface area contributed by atoms with Gasteiger partial charge in [-0.05, 0) is 24.6 Å². The minimum atomic E-state index is -1.36. The Morgan fingerprint density at radius 3 is 2.23 bits per heavy atom. The first-order valence-electron chi connectivity index (χ1n) is 7.25. The zero-order chi connectivity index (χ0) is 16.5. The molecule has 0 bridgehead atoms. The molecule has 22 heavy (non-hydrogen) atoms. The largest absolute Gasteiger partial charge is 0.478 e. The molecule has 0 aliphatic heterocycles. The zero-order valence-electron chi connectivity index (χ0n) is 12.5. The molecule has 1 aromatic rings. The second-order valence-electron chi connectivity index (χ2n) is 4.92. The monoisotopic (exact) mass is 308 g/mol. The molecule has 0 aliphatic rings. The van der Waals surface area contributed by atoms with Gasteiger partial charge in [0.2, 0.25) is 0 Å². The van der Waals surface area contributed by atoms with Crippen LogP contribution >= 0.6 is 0 Å². The van der Waals surface area contributed by atoms with Crippen molar-refractivity contribution in [2.75, 3.05) is 6.61 Å². The van der Waals surface area contributed by atoms with E-state index in [0.29, 0.717) is 0 Å². The van der Waals surface area contributed by atoms with Crippen LogP contribution in [0.1, 0.15) is 70.1 Å². The first-order chi connectivity index (χ1) is 10.5. The lowest BCUT2D eigenvalue weighted by Crippen LogP contribution is -2.13. The number of benzene rings is 1. The van der Waals surface area contributed by atoms with Gasteiger partial charge in [0.15, 0.2) is 0 Å². The lowest BCUT2D eigenvalue weighted by atomic mass is 10.0. The summed E-state index contributed by atoms with van der Waals surface area (Å²) in [6.07, 6.45) is 5.00. The highest BCUT2D eigenvalue weighted by atomic mass is 16.5. The molecule has 120 valence electrons. The molecule has 0 amide bonds. The van der Waals surface area contributed by atoms with Crippen molar-refractivity contribution < 1.29 is 29.3 Å². The van der Waals surface area contributed by atoms with E-state index in [1.54, 1.807) is 0 Å². The summed E-state index contributed by atoms with van der Waals surface area (Å²) in [4.78, 5) is 33.9. The van der Waals surface area contributed by atoms with E-state index in [9.17, 15) is 14.4 Å². The van der Waals surface area contributed by atoms with E-state index in [1.807, 2.05) is 0 Å². The Kier molecular flexibility index (Phi) is 7.08. The molecule has 1 rings (SSSR count). The van der Waals surface area contributed by atoms with E-state index < -0.39 is 17.9 Å². The maximum Gasteiger partial charge on any atom is 0.339 e. The van der Waals surface area contributed by atoms with Crippen molar-refractivity contribution in [1.82, 2.24) is 0 Å². The molecular formula is C16H20O6. The Bertz CT molecular complexity index is 550. The molecule has 2 N–H and O–H groups in total. The maximum atomic E-state index is 11.9. The summed E-state index contributed by atoms with van der Waals surface area (Å²) in [5, 5.41) is 17.9. The third kappa shape index (κ3) is 5.20. The molecule has 6 heteroatoms. The first-order valence-corrected chi connectivity index (χ1v) is 7.25. The number of carbonyl (C=O) groups is 3. The topological polar surface area (TPSA) is 101 Å². The summed E-state index contributed by atoms with van der Waals surface area (Å²) in [6.45, 7) is 2.33. The number of carbonyl (C=O) groups excluding carboxylic acids is 1. The molecule has 0 fully saturated rings. The normalized spacial score (nSPS) is 10.2. The van der Waals surface area contributed by atoms with Gasteiger partial charge in [0.05, 0.1) is 23.3 Å². The lowest BCUT2D eigenvalue weighted by Gasteiger charge is -2.08. The Balaban J connectivity index is 2.68. The second-order valence-corrected chi connectivity index (χ2v) is 4.92. The fourth-order valence-electron chi connectivity index (χ4n) is 1.98. The van der Waals surface area contributed by atoms with Crippen LogP contribution in [0.2, 0.25) is 0 Å². The van der Waals surface area contributed by atoms with Gasteiger partial charge >= 0.3 is 17.9 Å². The Morgan fingerprint density at radius 2 is 1.64 bits per heavy atom. The number of hydrogen-bond acceptors (Lipinski definition) is 4. The highest BCUT2D eigenvalue weighted by Crippen LogP contribution is 2.14. The van der Waals surface area contributed by atoms with E-state index in [-0.39, 0.29) is 23.3 Å². The van der Waals surface area contributed by atoms with Crippen LogP contribution in [0.15, 0.2) is 18.2 Å². The van der Waals surface area contributed by atoms with E-state index in [0.717, 1.165) is 38.2 Å². The Hall–Kier alpha value is -2.37. The van der Waals surface area contributed by atoms with Gasteiger partial charge in [0, 0.05) is 0 Å². The SMILES string of the molecule is CCCCCCCOC(=O)c1ccc(C(=O)O)cc1C(=O)O. The third-order valence-corrected chi connectivity index (χ3v) is 3.20. The van der Waals surface area contributed by atoms with Crippen molar-refractivity contribution in [2.24, 2.45) is 0 Å². The number of hydrogen-bond donors (Lipinski definition) is 2. The van der Waals surface area contributed by atoms with Gasteiger partial charge < -0.3 is 14.9 Å². The van der Waals surface area contributed by atoms with E-state index >= 15 is 0 Å². The van der Waals surface area contributed by atoms with Crippen LogP contribution in [0, 0.1) is 0 Å². The van der Waals surface area contributed by atoms with Crippen molar-refractivity contribution in [2.45, 2.75) is 39.0 Å². The summed E-state index contributed by atoms with van der Waals surface area (Å²) in [7, 11) is 0. The molecule has 0 saturated heterocycles. The molecule has 1 aromatic carbocycles. The first kappa shape index (κ1) is 17.7.